The molecule has 4 rings (SSSR count). The molecular weight excluding hydrogens is 775 g/mol. The largest absolute Gasteiger partial charge is 0.494 e. The van der Waals surface area contributed by atoms with Gasteiger partial charge in [0.05, 0.1) is 13.2 Å². The molecule has 0 aliphatic heterocycles. The first-order valence-corrected chi connectivity index (χ1v) is 16.3. The van der Waals surface area contributed by atoms with E-state index in [2.05, 4.69) is 0 Å². The standard InChI is InChI=1S/C35H31F17O2/c1-4-6-14-53-21-16-19-8-10-22-18(3)27(54-15-7-5-2)24(23-11-9-20(17-21)25(19)26(22)23)12-13-28(36,37)29(38,39)30(40,41)31(42,43)32(44,45)33(46,47)34(48,49)35(50,51)52/h8-11,16-17H,4-7,12-15H2,1-3H3. The molecule has 0 atom stereocenters. The van der Waals surface area contributed by atoms with Crippen molar-refractivity contribution in [1.82, 2.24) is 0 Å². The third kappa shape index (κ3) is 6.47. The maximum absolute atomic E-state index is 15.1. The zero-order chi connectivity index (χ0) is 41.1. The predicted molar refractivity (Wildman–Crippen MR) is 165 cm³/mol. The maximum Gasteiger partial charge on any atom is 0.460 e. The number of benzene rings is 4. The molecule has 19 heteroatoms. The van der Waals surface area contributed by atoms with Gasteiger partial charge in [0.1, 0.15) is 11.5 Å². The molecule has 54 heavy (non-hydrogen) atoms. The number of halogens is 17. The van der Waals surface area contributed by atoms with E-state index in [1.54, 1.807) is 31.2 Å². The lowest BCUT2D eigenvalue weighted by Gasteiger charge is -2.42. The Hall–Kier alpha value is -3.67. The van der Waals surface area contributed by atoms with E-state index < -0.39 is 60.5 Å². The molecule has 4 aromatic carbocycles. The normalized spacial score (nSPS) is 14.5. The fraction of sp³-hybridized carbons (Fsp3) is 0.543. The molecule has 0 radical (unpaired) electrons. The number of aryl methyl sites for hydroxylation is 2. The molecule has 0 unspecified atom stereocenters. The molecule has 0 aliphatic rings. The van der Waals surface area contributed by atoms with Crippen molar-refractivity contribution in [2.45, 2.75) is 107 Å². The fourth-order valence-electron chi connectivity index (χ4n) is 5.99. The molecule has 0 aromatic heterocycles. The monoisotopic (exact) mass is 806 g/mol. The van der Waals surface area contributed by atoms with Crippen LogP contribution < -0.4 is 9.47 Å². The van der Waals surface area contributed by atoms with E-state index in [4.69, 9.17) is 9.47 Å². The molecule has 0 saturated carbocycles. The fourth-order valence-corrected chi connectivity index (χ4v) is 5.99. The predicted octanol–water partition coefficient (Wildman–Crippen LogP) is 13.2. The van der Waals surface area contributed by atoms with Gasteiger partial charge in [0.25, 0.3) is 0 Å². The Balaban J connectivity index is 1.83. The molecule has 0 N–H and O–H groups in total. The van der Waals surface area contributed by atoms with Crippen molar-refractivity contribution in [2.24, 2.45) is 0 Å². The first kappa shape index (κ1) is 43.1. The Bertz CT molecular complexity index is 1930. The van der Waals surface area contributed by atoms with Crippen LogP contribution in [-0.2, 0) is 6.42 Å². The Kier molecular flexibility index (Phi) is 11.3. The summed E-state index contributed by atoms with van der Waals surface area (Å²) in [5.41, 5.74) is -0.133. The summed E-state index contributed by atoms with van der Waals surface area (Å²) in [7, 11) is 0. The summed E-state index contributed by atoms with van der Waals surface area (Å²) in [6.07, 6.45) is -9.40. The number of unbranched alkanes of at least 4 members (excludes halogenated alkanes) is 2. The summed E-state index contributed by atoms with van der Waals surface area (Å²) >= 11 is 0. The third-order valence-electron chi connectivity index (χ3n) is 9.15. The zero-order valence-corrected chi connectivity index (χ0v) is 28.4. The Labute approximate surface area is 295 Å². The Morgan fingerprint density at radius 2 is 0.963 bits per heavy atom. The number of hydrogen-bond donors (Lipinski definition) is 0. The average molecular weight is 807 g/mol. The summed E-state index contributed by atoms with van der Waals surface area (Å²) in [4.78, 5) is 0. The van der Waals surface area contributed by atoms with E-state index in [1.165, 1.54) is 19.1 Å². The topological polar surface area (TPSA) is 18.5 Å². The zero-order valence-electron chi connectivity index (χ0n) is 28.4. The van der Waals surface area contributed by atoms with E-state index in [9.17, 15) is 65.9 Å². The molecule has 0 bridgehead atoms. The van der Waals surface area contributed by atoms with Gasteiger partial charge in [0.15, 0.2) is 0 Å². The number of rotatable bonds is 17. The maximum atomic E-state index is 15.1. The van der Waals surface area contributed by atoms with Crippen LogP contribution in [0.5, 0.6) is 11.5 Å². The van der Waals surface area contributed by atoms with Gasteiger partial charge >= 0.3 is 47.6 Å². The summed E-state index contributed by atoms with van der Waals surface area (Å²) in [5.74, 6) is -56.4. The van der Waals surface area contributed by atoms with Crippen LogP contribution in [0.15, 0.2) is 36.4 Å². The smallest absolute Gasteiger partial charge is 0.460 e. The lowest BCUT2D eigenvalue weighted by Crippen LogP contribution is -2.74. The number of alkyl halides is 17. The Morgan fingerprint density at radius 3 is 1.44 bits per heavy atom. The SMILES string of the molecule is CCCCOc1cc2ccc3c(C)c(OCCCC)c(CCC(F)(F)C(F)(F)C(F)(F)C(F)(F)C(F)(F)C(F)(F)C(F)(F)C(F)(F)F)c4ccc(c1)c2c34. The van der Waals surface area contributed by atoms with Gasteiger partial charge in [-0.25, -0.2) is 0 Å². The van der Waals surface area contributed by atoms with Crippen LogP contribution in [0.25, 0.3) is 32.3 Å². The molecular formula is C35H31F17O2. The minimum Gasteiger partial charge on any atom is -0.494 e. The second-order valence-electron chi connectivity index (χ2n) is 12.8. The van der Waals surface area contributed by atoms with Gasteiger partial charge < -0.3 is 9.47 Å². The van der Waals surface area contributed by atoms with E-state index in [-0.39, 0.29) is 28.9 Å². The van der Waals surface area contributed by atoms with Crippen LogP contribution in [0, 0.1) is 6.92 Å². The van der Waals surface area contributed by atoms with Crippen LogP contribution in [0.2, 0.25) is 0 Å². The molecule has 2 nitrogen and oxygen atoms in total. The van der Waals surface area contributed by atoms with Crippen molar-refractivity contribution >= 4 is 32.3 Å². The van der Waals surface area contributed by atoms with Crippen molar-refractivity contribution in [2.75, 3.05) is 13.2 Å². The van der Waals surface area contributed by atoms with Crippen LogP contribution in [0.4, 0.5) is 74.6 Å². The summed E-state index contributed by atoms with van der Waals surface area (Å²) in [6.45, 7) is 5.39. The summed E-state index contributed by atoms with van der Waals surface area (Å²) in [6, 6.07) is 9.43. The lowest BCUT2D eigenvalue weighted by atomic mass is 9.85. The second kappa shape index (κ2) is 14.1. The molecule has 0 fully saturated rings. The highest BCUT2D eigenvalue weighted by Crippen LogP contribution is 2.64. The van der Waals surface area contributed by atoms with Gasteiger partial charge in [-0.2, -0.15) is 74.6 Å². The molecule has 0 saturated heterocycles. The summed E-state index contributed by atoms with van der Waals surface area (Å²) in [5, 5.41) is 2.42. The molecule has 0 amide bonds. The quantitative estimate of drug-likeness (QED) is 0.0601. The van der Waals surface area contributed by atoms with Gasteiger partial charge in [-0.1, -0.05) is 51.0 Å². The highest BCUT2D eigenvalue weighted by molar-refractivity contribution is 6.25. The highest BCUT2D eigenvalue weighted by Gasteiger charge is 2.95. The van der Waals surface area contributed by atoms with Crippen LogP contribution in [-0.4, -0.2) is 60.8 Å². The molecule has 0 aliphatic carbocycles. The lowest BCUT2D eigenvalue weighted by molar-refractivity contribution is -0.461. The molecule has 0 heterocycles. The van der Waals surface area contributed by atoms with Crippen molar-refractivity contribution in [3.8, 4) is 11.5 Å². The number of hydrogen-bond acceptors (Lipinski definition) is 2. The average Bonchev–Trinajstić information content (AvgIpc) is 3.06. The van der Waals surface area contributed by atoms with Gasteiger partial charge in [0, 0.05) is 12.0 Å². The molecule has 0 spiro atoms. The third-order valence-corrected chi connectivity index (χ3v) is 9.15. The minimum absolute atomic E-state index is 0.0246. The molecule has 302 valence electrons. The number of ether oxygens (including phenoxy) is 2. The van der Waals surface area contributed by atoms with E-state index >= 15 is 8.78 Å². The van der Waals surface area contributed by atoms with Crippen LogP contribution >= 0.6 is 0 Å². The van der Waals surface area contributed by atoms with Crippen molar-refractivity contribution in [3.63, 3.8) is 0 Å². The first-order valence-electron chi connectivity index (χ1n) is 16.3. The second-order valence-corrected chi connectivity index (χ2v) is 12.8. The van der Waals surface area contributed by atoms with Crippen LogP contribution in [0.1, 0.15) is 57.1 Å². The van der Waals surface area contributed by atoms with Crippen molar-refractivity contribution in [1.29, 1.82) is 0 Å². The minimum atomic E-state index is -8.67. The van der Waals surface area contributed by atoms with Gasteiger partial charge in [-0.05, 0) is 76.2 Å². The van der Waals surface area contributed by atoms with Gasteiger partial charge in [-0.3, -0.25) is 0 Å². The van der Waals surface area contributed by atoms with E-state index in [1.807, 2.05) is 6.92 Å². The summed E-state index contributed by atoms with van der Waals surface area (Å²) < 4.78 is 248. The highest BCUT2D eigenvalue weighted by atomic mass is 19.4. The van der Waals surface area contributed by atoms with E-state index in [0.717, 1.165) is 12.8 Å². The van der Waals surface area contributed by atoms with Crippen LogP contribution in [0.3, 0.4) is 0 Å². The van der Waals surface area contributed by atoms with Gasteiger partial charge in [0.2, 0.25) is 0 Å². The molecule has 4 aromatic rings. The van der Waals surface area contributed by atoms with E-state index in [0.29, 0.717) is 52.1 Å². The van der Waals surface area contributed by atoms with Gasteiger partial charge in [-0.15, -0.1) is 0 Å². The van der Waals surface area contributed by atoms with Crippen molar-refractivity contribution in [3.05, 3.63) is 47.5 Å². The van der Waals surface area contributed by atoms with Crippen molar-refractivity contribution < 1.29 is 84.1 Å². The first-order chi connectivity index (χ1) is 24.6. The Morgan fingerprint density at radius 1 is 0.519 bits per heavy atom.